The number of carbonyl (C=O) groups is 1. The standard InChI is InChI=1S/C17H15NO3/c1-12(19)20-15-10-6-5-9-14(15)17-18-11-16(21-17)13-7-3-2-4-8-13/h2-10,16H,11H2,1H3. The van der Waals surface area contributed by atoms with Gasteiger partial charge in [-0.2, -0.15) is 0 Å². The maximum atomic E-state index is 11.2. The van der Waals surface area contributed by atoms with Crippen molar-refractivity contribution in [3.05, 3.63) is 65.7 Å². The molecule has 21 heavy (non-hydrogen) atoms. The normalized spacial score (nSPS) is 17.0. The second-order valence-electron chi connectivity index (χ2n) is 4.75. The smallest absolute Gasteiger partial charge is 0.308 e. The van der Waals surface area contributed by atoms with E-state index >= 15 is 0 Å². The topological polar surface area (TPSA) is 47.9 Å². The molecule has 1 aliphatic heterocycles. The maximum absolute atomic E-state index is 11.2. The summed E-state index contributed by atoms with van der Waals surface area (Å²) in [5.74, 6) is 0.624. The van der Waals surface area contributed by atoms with Gasteiger partial charge in [-0.1, -0.05) is 42.5 Å². The third kappa shape index (κ3) is 2.94. The van der Waals surface area contributed by atoms with Crippen LogP contribution in [0, 0.1) is 0 Å². The van der Waals surface area contributed by atoms with Gasteiger partial charge in [0.2, 0.25) is 5.90 Å². The molecule has 0 aromatic heterocycles. The highest BCUT2D eigenvalue weighted by atomic mass is 16.5. The number of hydrogen-bond acceptors (Lipinski definition) is 4. The van der Waals surface area contributed by atoms with Crippen LogP contribution in [-0.4, -0.2) is 18.4 Å². The van der Waals surface area contributed by atoms with E-state index in [9.17, 15) is 4.79 Å². The highest BCUT2D eigenvalue weighted by Gasteiger charge is 2.24. The van der Waals surface area contributed by atoms with Gasteiger partial charge in [-0.15, -0.1) is 0 Å². The zero-order valence-corrected chi connectivity index (χ0v) is 11.7. The fourth-order valence-electron chi connectivity index (χ4n) is 2.25. The Kier molecular flexibility index (Phi) is 3.69. The summed E-state index contributed by atoms with van der Waals surface area (Å²) in [7, 11) is 0. The molecule has 0 bridgehead atoms. The zero-order valence-electron chi connectivity index (χ0n) is 11.7. The van der Waals surface area contributed by atoms with Crippen molar-refractivity contribution in [2.75, 3.05) is 6.54 Å². The summed E-state index contributed by atoms with van der Waals surface area (Å²) < 4.78 is 11.1. The Labute approximate surface area is 123 Å². The molecule has 0 aliphatic carbocycles. The summed E-state index contributed by atoms with van der Waals surface area (Å²) in [6.45, 7) is 1.94. The van der Waals surface area contributed by atoms with E-state index in [4.69, 9.17) is 9.47 Å². The lowest BCUT2D eigenvalue weighted by Crippen LogP contribution is -2.10. The van der Waals surface area contributed by atoms with Crippen LogP contribution in [0.5, 0.6) is 5.75 Å². The van der Waals surface area contributed by atoms with Gasteiger partial charge in [0.25, 0.3) is 0 Å². The van der Waals surface area contributed by atoms with Crippen molar-refractivity contribution in [3.63, 3.8) is 0 Å². The average molecular weight is 281 g/mol. The van der Waals surface area contributed by atoms with Crippen LogP contribution in [0.3, 0.4) is 0 Å². The number of carbonyl (C=O) groups excluding carboxylic acids is 1. The Morgan fingerprint density at radius 2 is 1.86 bits per heavy atom. The molecule has 4 heteroatoms. The number of para-hydroxylation sites is 1. The van der Waals surface area contributed by atoms with Crippen LogP contribution in [0.2, 0.25) is 0 Å². The first-order chi connectivity index (χ1) is 10.2. The Balaban J connectivity index is 1.82. The largest absolute Gasteiger partial charge is 0.467 e. The minimum Gasteiger partial charge on any atom is -0.467 e. The van der Waals surface area contributed by atoms with Crippen molar-refractivity contribution in [1.82, 2.24) is 0 Å². The lowest BCUT2D eigenvalue weighted by atomic mass is 10.1. The van der Waals surface area contributed by atoms with E-state index in [1.54, 1.807) is 6.07 Å². The number of benzene rings is 2. The quantitative estimate of drug-likeness (QED) is 0.641. The Bertz CT molecular complexity index is 679. The maximum Gasteiger partial charge on any atom is 0.308 e. The van der Waals surface area contributed by atoms with E-state index < -0.39 is 0 Å². The lowest BCUT2D eigenvalue weighted by molar-refractivity contribution is -0.131. The molecule has 0 saturated heterocycles. The summed E-state index contributed by atoms with van der Waals surface area (Å²) >= 11 is 0. The van der Waals surface area contributed by atoms with E-state index in [0.29, 0.717) is 23.8 Å². The van der Waals surface area contributed by atoms with E-state index in [0.717, 1.165) is 5.56 Å². The van der Waals surface area contributed by atoms with Crippen molar-refractivity contribution in [2.45, 2.75) is 13.0 Å². The van der Waals surface area contributed by atoms with Crippen molar-refractivity contribution in [3.8, 4) is 5.75 Å². The molecule has 106 valence electrons. The Hall–Kier alpha value is -2.62. The second-order valence-corrected chi connectivity index (χ2v) is 4.75. The molecular weight excluding hydrogens is 266 g/mol. The second kappa shape index (κ2) is 5.79. The number of hydrogen-bond donors (Lipinski definition) is 0. The number of esters is 1. The predicted molar refractivity (Wildman–Crippen MR) is 79.4 cm³/mol. The number of nitrogens with zero attached hydrogens (tertiary/aromatic N) is 1. The first-order valence-corrected chi connectivity index (χ1v) is 6.78. The summed E-state index contributed by atoms with van der Waals surface area (Å²) in [4.78, 5) is 15.6. The highest BCUT2D eigenvalue weighted by Crippen LogP contribution is 2.28. The molecular formula is C17H15NO3. The molecule has 0 amide bonds. The number of aliphatic imine (C=N–C) groups is 1. The van der Waals surface area contributed by atoms with Crippen LogP contribution < -0.4 is 4.74 Å². The van der Waals surface area contributed by atoms with E-state index in [1.165, 1.54) is 6.92 Å². The van der Waals surface area contributed by atoms with Crippen molar-refractivity contribution in [2.24, 2.45) is 4.99 Å². The molecule has 0 fully saturated rings. The monoisotopic (exact) mass is 281 g/mol. The summed E-state index contributed by atoms with van der Waals surface area (Å²) in [5.41, 5.74) is 1.78. The molecule has 2 aromatic carbocycles. The van der Waals surface area contributed by atoms with Gasteiger partial charge >= 0.3 is 5.97 Å². The molecule has 1 heterocycles. The molecule has 1 atom stereocenters. The Morgan fingerprint density at radius 3 is 2.62 bits per heavy atom. The highest BCUT2D eigenvalue weighted by molar-refractivity contribution is 5.98. The molecule has 0 N–H and O–H groups in total. The molecule has 0 radical (unpaired) electrons. The molecule has 0 spiro atoms. The minimum absolute atomic E-state index is 0.0911. The molecule has 1 unspecified atom stereocenters. The van der Waals surface area contributed by atoms with Crippen LogP contribution in [-0.2, 0) is 9.53 Å². The van der Waals surface area contributed by atoms with Crippen LogP contribution in [0.25, 0.3) is 0 Å². The van der Waals surface area contributed by atoms with Crippen LogP contribution >= 0.6 is 0 Å². The average Bonchev–Trinajstić information content (AvgIpc) is 2.98. The number of rotatable bonds is 3. The number of ether oxygens (including phenoxy) is 2. The van der Waals surface area contributed by atoms with Crippen molar-refractivity contribution in [1.29, 1.82) is 0 Å². The molecule has 1 aliphatic rings. The summed E-state index contributed by atoms with van der Waals surface area (Å²) in [6, 6.07) is 17.2. The first-order valence-electron chi connectivity index (χ1n) is 6.78. The zero-order chi connectivity index (χ0) is 14.7. The third-order valence-corrected chi connectivity index (χ3v) is 3.20. The van der Waals surface area contributed by atoms with Crippen LogP contribution in [0.1, 0.15) is 24.2 Å². The third-order valence-electron chi connectivity index (χ3n) is 3.20. The van der Waals surface area contributed by atoms with E-state index in [2.05, 4.69) is 4.99 Å². The van der Waals surface area contributed by atoms with Gasteiger partial charge in [0, 0.05) is 6.92 Å². The van der Waals surface area contributed by atoms with E-state index in [-0.39, 0.29) is 12.1 Å². The molecule has 0 saturated carbocycles. The molecule has 2 aromatic rings. The van der Waals surface area contributed by atoms with E-state index in [1.807, 2.05) is 48.5 Å². The fourth-order valence-corrected chi connectivity index (χ4v) is 2.25. The summed E-state index contributed by atoms with van der Waals surface area (Å²) in [5, 5.41) is 0. The Morgan fingerprint density at radius 1 is 1.14 bits per heavy atom. The minimum atomic E-state index is -0.361. The van der Waals surface area contributed by atoms with Crippen LogP contribution in [0.15, 0.2) is 59.6 Å². The van der Waals surface area contributed by atoms with Crippen molar-refractivity contribution < 1.29 is 14.3 Å². The van der Waals surface area contributed by atoms with Gasteiger partial charge in [0.05, 0.1) is 12.1 Å². The van der Waals surface area contributed by atoms with Crippen LogP contribution in [0.4, 0.5) is 0 Å². The van der Waals surface area contributed by atoms with Gasteiger partial charge in [0.1, 0.15) is 11.9 Å². The predicted octanol–water partition coefficient (Wildman–Crippen LogP) is 3.13. The SMILES string of the molecule is CC(=O)Oc1ccccc1C1=NCC(c2ccccc2)O1. The van der Waals surface area contributed by atoms with Gasteiger partial charge in [-0.25, -0.2) is 4.99 Å². The van der Waals surface area contributed by atoms with Gasteiger partial charge in [-0.3, -0.25) is 4.79 Å². The lowest BCUT2D eigenvalue weighted by Gasteiger charge is -2.13. The van der Waals surface area contributed by atoms with Crippen molar-refractivity contribution >= 4 is 11.9 Å². The summed E-state index contributed by atoms with van der Waals surface area (Å²) in [6.07, 6.45) is -0.0911. The van der Waals surface area contributed by atoms with Gasteiger partial charge in [0.15, 0.2) is 0 Å². The van der Waals surface area contributed by atoms with Gasteiger partial charge < -0.3 is 9.47 Å². The molecule has 3 rings (SSSR count). The van der Waals surface area contributed by atoms with Gasteiger partial charge in [-0.05, 0) is 17.7 Å². The fraction of sp³-hybridized carbons (Fsp3) is 0.176. The molecule has 4 nitrogen and oxygen atoms in total. The first kappa shape index (κ1) is 13.4.